The van der Waals surface area contributed by atoms with Gasteiger partial charge < -0.3 is 0 Å². The molecule has 0 unspecified atom stereocenters. The predicted molar refractivity (Wildman–Crippen MR) is 77.9 cm³/mol. The maximum absolute atomic E-state index is 2.33. The number of hydrogen-bond acceptors (Lipinski definition) is 0. The van der Waals surface area contributed by atoms with Gasteiger partial charge >= 0.3 is 0 Å². The molecule has 0 aliphatic heterocycles. The van der Waals surface area contributed by atoms with Crippen molar-refractivity contribution in [3.05, 3.63) is 53.6 Å². The fourth-order valence-corrected chi connectivity index (χ4v) is 1.77. The van der Waals surface area contributed by atoms with E-state index in [1.54, 1.807) is 0 Å². The van der Waals surface area contributed by atoms with Gasteiger partial charge in [-0.1, -0.05) is 61.1 Å². The fraction of sp³-hybridized carbons (Fsp3) is 0.412. The average molecular weight is 228 g/mol. The van der Waals surface area contributed by atoms with Crippen LogP contribution in [-0.4, -0.2) is 0 Å². The average Bonchev–Trinajstić information content (AvgIpc) is 2.30. The third kappa shape index (κ3) is 6.78. The van der Waals surface area contributed by atoms with Crippen LogP contribution in [0, 0.1) is 5.92 Å². The summed E-state index contributed by atoms with van der Waals surface area (Å²) in [6, 6.07) is 10.5. The summed E-state index contributed by atoms with van der Waals surface area (Å²) in [6.07, 6.45) is 10.5. The van der Waals surface area contributed by atoms with Crippen LogP contribution in [0.1, 0.15) is 45.6 Å². The predicted octanol–water partition coefficient (Wildman–Crippen LogP) is 5.47. The largest absolute Gasteiger partial charge is 0.0859 e. The molecule has 0 amide bonds. The Labute approximate surface area is 106 Å². The number of rotatable bonds is 6. The van der Waals surface area contributed by atoms with Crippen LogP contribution in [0.4, 0.5) is 0 Å². The second kappa shape index (κ2) is 7.89. The Morgan fingerprint density at radius 2 is 1.88 bits per heavy atom. The van der Waals surface area contributed by atoms with E-state index in [0.29, 0.717) is 0 Å². The Bertz CT molecular complexity index is 353. The molecule has 0 nitrogen and oxygen atoms in total. The molecular weight excluding hydrogens is 204 g/mol. The summed E-state index contributed by atoms with van der Waals surface area (Å²) >= 11 is 0. The molecule has 0 saturated heterocycles. The van der Waals surface area contributed by atoms with Crippen molar-refractivity contribution in [2.45, 2.75) is 40.0 Å². The first-order valence-electron chi connectivity index (χ1n) is 6.53. The lowest BCUT2D eigenvalue weighted by atomic mass is 10.0. The minimum atomic E-state index is 0.769. The lowest BCUT2D eigenvalue weighted by Gasteiger charge is -2.06. The van der Waals surface area contributed by atoms with Gasteiger partial charge in [-0.05, 0) is 44.6 Å². The number of hydrogen-bond donors (Lipinski definition) is 0. The van der Waals surface area contributed by atoms with Crippen molar-refractivity contribution in [1.82, 2.24) is 0 Å². The van der Waals surface area contributed by atoms with E-state index in [9.17, 15) is 0 Å². The van der Waals surface area contributed by atoms with E-state index in [2.05, 4.69) is 69.3 Å². The van der Waals surface area contributed by atoms with Crippen molar-refractivity contribution in [2.75, 3.05) is 0 Å². The van der Waals surface area contributed by atoms with Gasteiger partial charge in [-0.2, -0.15) is 0 Å². The Morgan fingerprint density at radius 1 is 1.18 bits per heavy atom. The zero-order valence-electron chi connectivity index (χ0n) is 11.3. The van der Waals surface area contributed by atoms with Crippen molar-refractivity contribution in [1.29, 1.82) is 0 Å². The van der Waals surface area contributed by atoms with E-state index in [1.165, 1.54) is 30.4 Å². The molecule has 92 valence electrons. The molecule has 0 saturated carbocycles. The van der Waals surface area contributed by atoms with Crippen LogP contribution in [0.3, 0.4) is 0 Å². The van der Waals surface area contributed by atoms with Crippen molar-refractivity contribution in [3.8, 4) is 0 Å². The molecule has 1 aromatic carbocycles. The molecule has 0 aromatic heterocycles. The first-order chi connectivity index (χ1) is 8.18. The van der Waals surface area contributed by atoms with Gasteiger partial charge in [-0.15, -0.1) is 0 Å². The van der Waals surface area contributed by atoms with Crippen LogP contribution >= 0.6 is 0 Å². The van der Waals surface area contributed by atoms with Gasteiger partial charge in [0.15, 0.2) is 0 Å². The zero-order valence-corrected chi connectivity index (χ0v) is 11.3. The van der Waals surface area contributed by atoms with E-state index in [0.717, 1.165) is 5.92 Å². The molecule has 1 atom stereocenters. The standard InChI is InChI=1S/C17H24/c1-15(2)9-7-10-16(3)11-8-14-17-12-5-4-6-13-17/h4-6,8-9,12-14,16H,7,10-11H2,1-3H3/b14-8-/t16-/m0/s1. The van der Waals surface area contributed by atoms with Crippen molar-refractivity contribution >= 4 is 6.08 Å². The van der Waals surface area contributed by atoms with Crippen LogP contribution in [0.2, 0.25) is 0 Å². The van der Waals surface area contributed by atoms with Gasteiger partial charge in [0, 0.05) is 0 Å². The summed E-state index contributed by atoms with van der Waals surface area (Å²) in [5.74, 6) is 0.769. The van der Waals surface area contributed by atoms with E-state index < -0.39 is 0 Å². The molecule has 0 aliphatic rings. The van der Waals surface area contributed by atoms with Crippen LogP contribution in [0.5, 0.6) is 0 Å². The minimum absolute atomic E-state index is 0.769. The summed E-state index contributed by atoms with van der Waals surface area (Å²) in [6.45, 7) is 6.66. The highest BCUT2D eigenvalue weighted by Crippen LogP contribution is 2.13. The van der Waals surface area contributed by atoms with Gasteiger partial charge in [-0.25, -0.2) is 0 Å². The van der Waals surface area contributed by atoms with Crippen LogP contribution in [0.25, 0.3) is 6.08 Å². The van der Waals surface area contributed by atoms with Crippen LogP contribution < -0.4 is 0 Å². The normalized spacial score (nSPS) is 12.6. The third-order valence-corrected chi connectivity index (χ3v) is 2.86. The van der Waals surface area contributed by atoms with E-state index in [-0.39, 0.29) is 0 Å². The van der Waals surface area contributed by atoms with Crippen molar-refractivity contribution < 1.29 is 0 Å². The Balaban J connectivity index is 2.26. The highest BCUT2D eigenvalue weighted by Gasteiger charge is 1.97. The first-order valence-corrected chi connectivity index (χ1v) is 6.53. The van der Waals surface area contributed by atoms with E-state index in [1.807, 2.05) is 0 Å². The first kappa shape index (κ1) is 13.8. The van der Waals surface area contributed by atoms with Crippen LogP contribution in [-0.2, 0) is 0 Å². The number of allylic oxidation sites excluding steroid dienone is 3. The van der Waals surface area contributed by atoms with E-state index >= 15 is 0 Å². The fourth-order valence-electron chi connectivity index (χ4n) is 1.77. The molecule has 0 radical (unpaired) electrons. The summed E-state index contributed by atoms with van der Waals surface area (Å²) in [5, 5.41) is 0. The summed E-state index contributed by atoms with van der Waals surface area (Å²) in [4.78, 5) is 0. The number of benzene rings is 1. The maximum Gasteiger partial charge on any atom is -0.0260 e. The molecule has 17 heavy (non-hydrogen) atoms. The topological polar surface area (TPSA) is 0 Å². The monoisotopic (exact) mass is 228 g/mol. The van der Waals surface area contributed by atoms with Gasteiger partial charge in [-0.3, -0.25) is 0 Å². The van der Waals surface area contributed by atoms with Gasteiger partial charge in [0.25, 0.3) is 0 Å². The van der Waals surface area contributed by atoms with Crippen molar-refractivity contribution in [2.24, 2.45) is 5.92 Å². The molecule has 0 N–H and O–H groups in total. The minimum Gasteiger partial charge on any atom is -0.0859 e. The molecule has 0 bridgehead atoms. The van der Waals surface area contributed by atoms with Gasteiger partial charge in [0.2, 0.25) is 0 Å². The second-order valence-corrected chi connectivity index (χ2v) is 5.01. The molecule has 0 fully saturated rings. The quantitative estimate of drug-likeness (QED) is 0.566. The molecule has 1 rings (SSSR count). The molecule has 0 heteroatoms. The third-order valence-electron chi connectivity index (χ3n) is 2.86. The Morgan fingerprint density at radius 3 is 2.53 bits per heavy atom. The Hall–Kier alpha value is -1.30. The maximum atomic E-state index is 2.33. The smallest absolute Gasteiger partial charge is 0.0260 e. The summed E-state index contributed by atoms with van der Waals surface area (Å²) in [7, 11) is 0. The SMILES string of the molecule is CC(C)=CCC[C@H](C)C/C=C\c1ccccc1. The highest BCUT2D eigenvalue weighted by molar-refractivity contribution is 5.48. The second-order valence-electron chi connectivity index (χ2n) is 5.01. The molecule has 0 aliphatic carbocycles. The lowest BCUT2D eigenvalue weighted by molar-refractivity contribution is 0.546. The summed E-state index contributed by atoms with van der Waals surface area (Å²) in [5.41, 5.74) is 2.72. The molecular formula is C17H24. The lowest BCUT2D eigenvalue weighted by Crippen LogP contribution is -1.91. The molecule has 0 spiro atoms. The Kier molecular flexibility index (Phi) is 6.39. The summed E-state index contributed by atoms with van der Waals surface area (Å²) < 4.78 is 0. The van der Waals surface area contributed by atoms with Gasteiger partial charge in [0.1, 0.15) is 0 Å². The molecule has 0 heterocycles. The van der Waals surface area contributed by atoms with Crippen molar-refractivity contribution in [3.63, 3.8) is 0 Å². The highest BCUT2D eigenvalue weighted by atomic mass is 14.0. The molecule has 1 aromatic rings. The van der Waals surface area contributed by atoms with Gasteiger partial charge in [0.05, 0.1) is 0 Å². The van der Waals surface area contributed by atoms with E-state index in [4.69, 9.17) is 0 Å². The van der Waals surface area contributed by atoms with Crippen LogP contribution in [0.15, 0.2) is 48.1 Å². The zero-order chi connectivity index (χ0) is 12.5.